The van der Waals surface area contributed by atoms with Gasteiger partial charge in [0.05, 0.1) is 18.7 Å². The zero-order valence-electron chi connectivity index (χ0n) is 20.7. The molecule has 190 valence electrons. The summed E-state index contributed by atoms with van der Waals surface area (Å²) in [6, 6.07) is 23.6. The van der Waals surface area contributed by atoms with Crippen LogP contribution in [0, 0.1) is 0 Å². The van der Waals surface area contributed by atoms with Crippen molar-refractivity contribution in [2.24, 2.45) is 7.05 Å². The number of nitrogens with zero attached hydrogens (tertiary/aromatic N) is 3. The first-order valence-corrected chi connectivity index (χ1v) is 11.8. The average Bonchev–Trinajstić information content (AvgIpc) is 3.34. The van der Waals surface area contributed by atoms with E-state index in [-0.39, 0.29) is 23.2 Å². The molecule has 1 aliphatic heterocycles. The molecule has 1 unspecified atom stereocenters. The molecule has 0 fully saturated rings. The number of fused-ring (bicyclic) bond motifs is 1. The fourth-order valence-corrected chi connectivity index (χ4v) is 4.54. The number of ether oxygens (including phenoxy) is 2. The summed E-state index contributed by atoms with van der Waals surface area (Å²) >= 11 is 0. The molecule has 0 spiro atoms. The van der Waals surface area contributed by atoms with Crippen LogP contribution in [0.25, 0.3) is 0 Å². The Labute approximate surface area is 217 Å². The number of hydrogen-bond donors (Lipinski definition) is 0. The van der Waals surface area contributed by atoms with E-state index in [9.17, 15) is 19.2 Å². The number of carbonyl (C=O) groups excluding carboxylic acids is 3. The molecule has 4 aromatic rings. The quantitative estimate of drug-likeness (QED) is 0.377. The molecule has 1 aromatic heterocycles. The van der Waals surface area contributed by atoms with Crippen molar-refractivity contribution in [3.8, 4) is 6.01 Å². The highest BCUT2D eigenvalue weighted by Gasteiger charge is 2.37. The van der Waals surface area contributed by atoms with Gasteiger partial charge in [-0.05, 0) is 41.8 Å². The van der Waals surface area contributed by atoms with Gasteiger partial charge in [0.1, 0.15) is 0 Å². The zero-order chi connectivity index (χ0) is 26.8. The molecule has 0 bridgehead atoms. The predicted molar refractivity (Wildman–Crippen MR) is 138 cm³/mol. The number of para-hydroxylation sites is 1. The van der Waals surface area contributed by atoms with Gasteiger partial charge in [-0.3, -0.25) is 14.2 Å². The molecule has 0 saturated carbocycles. The number of carbonyl (C=O) groups is 3. The van der Waals surface area contributed by atoms with E-state index in [1.807, 2.05) is 30.3 Å². The van der Waals surface area contributed by atoms with Gasteiger partial charge >= 0.3 is 17.9 Å². The maximum atomic E-state index is 13.7. The van der Waals surface area contributed by atoms with E-state index < -0.39 is 23.5 Å². The van der Waals surface area contributed by atoms with Gasteiger partial charge in [0, 0.05) is 24.4 Å². The maximum absolute atomic E-state index is 13.7. The van der Waals surface area contributed by atoms with E-state index in [0.29, 0.717) is 17.5 Å². The van der Waals surface area contributed by atoms with Gasteiger partial charge in [-0.25, -0.2) is 9.59 Å². The van der Waals surface area contributed by atoms with Crippen molar-refractivity contribution in [2.45, 2.75) is 12.5 Å². The molecule has 9 heteroatoms. The molecule has 0 saturated heterocycles. The van der Waals surface area contributed by atoms with Crippen molar-refractivity contribution in [2.75, 3.05) is 12.0 Å². The van der Waals surface area contributed by atoms with Crippen molar-refractivity contribution in [1.82, 2.24) is 9.55 Å². The molecule has 1 atom stereocenters. The second-order valence-corrected chi connectivity index (χ2v) is 8.68. The first kappa shape index (κ1) is 24.6. The molecule has 38 heavy (non-hydrogen) atoms. The van der Waals surface area contributed by atoms with E-state index in [1.165, 1.54) is 7.05 Å². The Morgan fingerprint density at radius 3 is 2.34 bits per heavy atom. The number of esters is 2. The highest BCUT2D eigenvalue weighted by molar-refractivity contribution is 6.08. The van der Waals surface area contributed by atoms with Gasteiger partial charge in [-0.1, -0.05) is 54.6 Å². The van der Waals surface area contributed by atoms with Crippen LogP contribution in [-0.2, 0) is 18.2 Å². The Morgan fingerprint density at radius 1 is 0.895 bits per heavy atom. The summed E-state index contributed by atoms with van der Waals surface area (Å²) in [5.74, 6) is -1.81. The smallest absolute Gasteiger partial charge is 0.357 e. The molecule has 0 aliphatic carbocycles. The number of benzene rings is 3. The second kappa shape index (κ2) is 10.1. The minimum Gasteiger partial charge on any atom is -0.464 e. The largest absolute Gasteiger partial charge is 0.464 e. The first-order chi connectivity index (χ1) is 18.4. The minimum atomic E-state index is -0.834. The summed E-state index contributed by atoms with van der Waals surface area (Å²) in [5.41, 5.74) is 2.16. The predicted octanol–water partition coefficient (Wildman–Crippen LogP) is 3.73. The molecule has 3 aromatic carbocycles. The Morgan fingerprint density at radius 2 is 1.58 bits per heavy atom. The first-order valence-electron chi connectivity index (χ1n) is 11.8. The third-order valence-electron chi connectivity index (χ3n) is 6.43. The van der Waals surface area contributed by atoms with Crippen LogP contribution in [0.5, 0.6) is 6.01 Å². The molecule has 1 aliphatic rings. The van der Waals surface area contributed by atoms with Crippen LogP contribution in [0.3, 0.4) is 0 Å². The molecule has 0 N–H and O–H groups in total. The Kier molecular flexibility index (Phi) is 6.57. The van der Waals surface area contributed by atoms with Gasteiger partial charge in [0.25, 0.3) is 11.5 Å². The van der Waals surface area contributed by atoms with Crippen molar-refractivity contribution in [3.05, 3.63) is 123 Å². The third-order valence-corrected chi connectivity index (χ3v) is 6.43. The second-order valence-electron chi connectivity index (χ2n) is 8.68. The number of rotatable bonds is 5. The normalized spacial score (nSPS) is 14.1. The molecule has 9 nitrogen and oxygen atoms in total. The molecular weight excluding hydrogens is 486 g/mol. The van der Waals surface area contributed by atoms with Crippen molar-refractivity contribution >= 4 is 23.5 Å². The Balaban J connectivity index is 1.54. The van der Waals surface area contributed by atoms with Gasteiger partial charge in [-0.2, -0.15) is 4.98 Å². The summed E-state index contributed by atoms with van der Waals surface area (Å²) < 4.78 is 11.2. The van der Waals surface area contributed by atoms with Crippen molar-refractivity contribution < 1.29 is 23.9 Å². The summed E-state index contributed by atoms with van der Waals surface area (Å²) in [6.45, 7) is 0. The number of methoxy groups -OCH3 is 1. The van der Waals surface area contributed by atoms with Crippen LogP contribution in [0.1, 0.15) is 48.4 Å². The number of aromatic nitrogens is 2. The van der Waals surface area contributed by atoms with Crippen LogP contribution in [-0.4, -0.2) is 34.5 Å². The van der Waals surface area contributed by atoms with Gasteiger partial charge in [0.15, 0.2) is 5.69 Å². The van der Waals surface area contributed by atoms with Gasteiger partial charge < -0.3 is 14.4 Å². The molecule has 2 heterocycles. The van der Waals surface area contributed by atoms with Crippen molar-refractivity contribution in [1.29, 1.82) is 0 Å². The number of anilines is 1. The Hall–Kier alpha value is -5.05. The van der Waals surface area contributed by atoms with E-state index in [4.69, 9.17) is 4.74 Å². The van der Waals surface area contributed by atoms with E-state index in [0.717, 1.165) is 29.0 Å². The van der Waals surface area contributed by atoms with Crippen molar-refractivity contribution in [3.63, 3.8) is 0 Å². The number of hydrogen-bond acceptors (Lipinski definition) is 7. The molecule has 5 rings (SSSR count). The van der Waals surface area contributed by atoms with E-state index in [2.05, 4.69) is 9.72 Å². The standard InChI is InChI=1S/C29H23N3O6/c1-31-25(33)17-22(28(36)37-2)30-29(31)38-27(35)21-14-8-7-13-20(21)24-16-19-12-6-9-15-23(19)32(24)26(34)18-10-4-3-5-11-18/h3-15,17,24H,16H2,1-2H3. The molecular formula is C29H23N3O6. The van der Waals surface area contributed by atoms with Gasteiger partial charge in [-0.15, -0.1) is 0 Å². The summed E-state index contributed by atoms with van der Waals surface area (Å²) in [4.78, 5) is 57.1. The monoisotopic (exact) mass is 509 g/mol. The van der Waals surface area contributed by atoms with Crippen LogP contribution in [0.2, 0.25) is 0 Å². The highest BCUT2D eigenvalue weighted by Crippen LogP contribution is 2.42. The fourth-order valence-electron chi connectivity index (χ4n) is 4.54. The lowest BCUT2D eigenvalue weighted by Gasteiger charge is -2.27. The van der Waals surface area contributed by atoms with Crippen LogP contribution in [0.4, 0.5) is 5.69 Å². The zero-order valence-corrected chi connectivity index (χ0v) is 20.7. The van der Waals surface area contributed by atoms with Gasteiger partial charge in [0.2, 0.25) is 0 Å². The third kappa shape index (κ3) is 4.45. The van der Waals surface area contributed by atoms with Crippen LogP contribution < -0.4 is 15.2 Å². The summed E-state index contributed by atoms with van der Waals surface area (Å²) in [5, 5.41) is 0. The van der Waals surface area contributed by atoms with E-state index >= 15 is 0 Å². The van der Waals surface area contributed by atoms with Crippen LogP contribution in [0.15, 0.2) is 89.7 Å². The molecule has 0 radical (unpaired) electrons. The minimum absolute atomic E-state index is 0.196. The van der Waals surface area contributed by atoms with E-state index in [1.54, 1.807) is 53.4 Å². The lowest BCUT2D eigenvalue weighted by molar-refractivity contribution is 0.0585. The molecule has 1 amide bonds. The number of amides is 1. The van der Waals surface area contributed by atoms with Crippen LogP contribution >= 0.6 is 0 Å². The lowest BCUT2D eigenvalue weighted by Crippen LogP contribution is -2.33. The lowest BCUT2D eigenvalue weighted by atomic mass is 9.96. The topological polar surface area (TPSA) is 108 Å². The maximum Gasteiger partial charge on any atom is 0.357 e. The summed E-state index contributed by atoms with van der Waals surface area (Å²) in [7, 11) is 2.53. The highest BCUT2D eigenvalue weighted by atomic mass is 16.6. The average molecular weight is 510 g/mol. The Bertz CT molecular complexity index is 1610. The fraction of sp³-hybridized carbons (Fsp3) is 0.138. The summed E-state index contributed by atoms with van der Waals surface area (Å²) in [6.07, 6.45) is 0.494. The SMILES string of the molecule is COC(=O)c1cc(=O)n(C)c(OC(=O)c2ccccc2C2Cc3ccccc3N2C(=O)c2ccccc2)n1.